The summed E-state index contributed by atoms with van der Waals surface area (Å²) in [4.78, 5) is 2.56. The Kier molecular flexibility index (Phi) is 5.25. The van der Waals surface area contributed by atoms with E-state index in [1.54, 1.807) is 12.1 Å². The number of aromatic nitrogens is 2. The van der Waals surface area contributed by atoms with Gasteiger partial charge >= 0.3 is 0 Å². The van der Waals surface area contributed by atoms with Crippen LogP contribution in [0.3, 0.4) is 0 Å². The molecule has 0 radical (unpaired) electrons. The van der Waals surface area contributed by atoms with Gasteiger partial charge in [-0.05, 0) is 43.8 Å². The van der Waals surface area contributed by atoms with Crippen LogP contribution in [0.1, 0.15) is 24.1 Å². The Bertz CT molecular complexity index is 964. The molecule has 0 saturated heterocycles. The summed E-state index contributed by atoms with van der Waals surface area (Å²) >= 11 is 0. The fourth-order valence-corrected chi connectivity index (χ4v) is 3.47. The van der Waals surface area contributed by atoms with Crippen molar-refractivity contribution in [2.24, 2.45) is 0 Å². The molecule has 0 aliphatic heterocycles. The first-order chi connectivity index (χ1) is 12.3. The van der Waals surface area contributed by atoms with E-state index >= 15 is 0 Å². The van der Waals surface area contributed by atoms with Crippen molar-refractivity contribution in [1.82, 2.24) is 14.7 Å². The van der Waals surface area contributed by atoms with Crippen LogP contribution < -0.4 is 0 Å². The van der Waals surface area contributed by atoms with Gasteiger partial charge in [-0.2, -0.15) is 5.10 Å². The van der Waals surface area contributed by atoms with Crippen molar-refractivity contribution in [2.45, 2.75) is 24.4 Å². The molecule has 0 saturated carbocycles. The summed E-state index contributed by atoms with van der Waals surface area (Å²) < 4.78 is 25.0. The number of hydrogen-bond donors (Lipinski definition) is 0. The number of hydrogen-bond acceptors (Lipinski definition) is 4. The molecule has 1 heterocycles. The van der Waals surface area contributed by atoms with E-state index in [1.165, 1.54) is 6.26 Å². The fraction of sp³-hybridized carbons (Fsp3) is 0.250. The van der Waals surface area contributed by atoms with Crippen LogP contribution >= 0.6 is 0 Å². The lowest BCUT2D eigenvalue weighted by atomic mass is 10.1. The molecule has 6 heteroatoms. The zero-order chi connectivity index (χ0) is 18.7. The Balaban J connectivity index is 1.70. The first-order valence-corrected chi connectivity index (χ1v) is 10.3. The molecular weight excluding hydrogens is 346 g/mol. The summed E-state index contributed by atoms with van der Waals surface area (Å²) in [5, 5.41) is 4.43. The molecule has 3 aromatic rings. The maximum atomic E-state index is 11.6. The molecule has 5 nitrogen and oxygen atoms in total. The van der Waals surface area contributed by atoms with E-state index in [0.717, 1.165) is 23.4 Å². The molecule has 0 fully saturated rings. The number of benzene rings is 2. The number of para-hydroxylation sites is 1. The Hall–Kier alpha value is -2.44. The summed E-state index contributed by atoms with van der Waals surface area (Å²) in [5.41, 5.74) is 3.23. The van der Waals surface area contributed by atoms with Crippen LogP contribution in [0, 0.1) is 0 Å². The van der Waals surface area contributed by atoms with Crippen molar-refractivity contribution >= 4 is 9.84 Å². The molecule has 3 rings (SSSR count). The van der Waals surface area contributed by atoms with Gasteiger partial charge in [0.25, 0.3) is 0 Å². The average Bonchev–Trinajstić information content (AvgIpc) is 3.09. The molecule has 0 N–H and O–H groups in total. The van der Waals surface area contributed by atoms with E-state index < -0.39 is 9.84 Å². The summed E-state index contributed by atoms with van der Waals surface area (Å²) in [7, 11) is -1.11. The molecular formula is C20H23N3O2S. The van der Waals surface area contributed by atoms with Gasteiger partial charge in [0.2, 0.25) is 0 Å². The van der Waals surface area contributed by atoms with Gasteiger partial charge in [0, 0.05) is 30.6 Å². The number of sulfone groups is 1. The zero-order valence-electron chi connectivity index (χ0n) is 15.2. The van der Waals surface area contributed by atoms with Gasteiger partial charge < -0.3 is 0 Å². The monoisotopic (exact) mass is 369 g/mol. The summed E-state index contributed by atoms with van der Waals surface area (Å²) in [6.45, 7) is 2.86. The summed E-state index contributed by atoms with van der Waals surface area (Å²) in [5.74, 6) is 0. The Labute approximate surface area is 154 Å². The van der Waals surface area contributed by atoms with Gasteiger partial charge in [-0.15, -0.1) is 0 Å². The van der Waals surface area contributed by atoms with Crippen molar-refractivity contribution in [1.29, 1.82) is 0 Å². The molecule has 1 atom stereocenters. The third kappa shape index (κ3) is 4.20. The van der Waals surface area contributed by atoms with Crippen LogP contribution in [0.25, 0.3) is 5.69 Å². The first kappa shape index (κ1) is 18.4. The highest BCUT2D eigenvalue weighted by molar-refractivity contribution is 7.90. The van der Waals surface area contributed by atoms with Crippen molar-refractivity contribution < 1.29 is 8.42 Å². The average molecular weight is 369 g/mol. The highest BCUT2D eigenvalue weighted by atomic mass is 32.2. The lowest BCUT2D eigenvalue weighted by molar-refractivity contribution is 0.253. The van der Waals surface area contributed by atoms with Crippen LogP contribution in [0.15, 0.2) is 71.9 Å². The second-order valence-corrected chi connectivity index (χ2v) is 8.58. The van der Waals surface area contributed by atoms with Crippen LogP contribution in [-0.2, 0) is 16.4 Å². The molecule has 0 amide bonds. The Morgan fingerprint density at radius 2 is 1.73 bits per heavy atom. The van der Waals surface area contributed by atoms with Gasteiger partial charge in [0.15, 0.2) is 9.84 Å². The van der Waals surface area contributed by atoms with Crippen molar-refractivity contribution in [3.05, 3.63) is 78.1 Å². The van der Waals surface area contributed by atoms with E-state index in [2.05, 4.69) is 24.0 Å². The quantitative estimate of drug-likeness (QED) is 0.668. The molecule has 0 bridgehead atoms. The Morgan fingerprint density at radius 1 is 1.08 bits per heavy atom. The van der Waals surface area contributed by atoms with Gasteiger partial charge in [-0.3, -0.25) is 4.90 Å². The highest BCUT2D eigenvalue weighted by Gasteiger charge is 2.14. The summed E-state index contributed by atoms with van der Waals surface area (Å²) in [6.07, 6.45) is 5.14. The first-order valence-electron chi connectivity index (χ1n) is 8.44. The van der Waals surface area contributed by atoms with Crippen LogP contribution in [0.5, 0.6) is 0 Å². The smallest absolute Gasteiger partial charge is 0.175 e. The Morgan fingerprint density at radius 3 is 2.35 bits per heavy atom. The van der Waals surface area contributed by atoms with E-state index in [4.69, 9.17) is 0 Å². The lowest BCUT2D eigenvalue weighted by Crippen LogP contribution is -2.21. The second kappa shape index (κ2) is 7.43. The second-order valence-electron chi connectivity index (χ2n) is 6.56. The normalized spacial score (nSPS) is 13.1. The van der Waals surface area contributed by atoms with Crippen LogP contribution in [0.4, 0.5) is 0 Å². The molecule has 136 valence electrons. The molecule has 0 aliphatic rings. The molecule has 1 unspecified atom stereocenters. The largest absolute Gasteiger partial charge is 0.295 e. The molecule has 0 spiro atoms. The van der Waals surface area contributed by atoms with Gasteiger partial charge in [-0.25, -0.2) is 13.1 Å². The van der Waals surface area contributed by atoms with Crippen molar-refractivity contribution in [3.8, 4) is 5.69 Å². The van der Waals surface area contributed by atoms with E-state index in [-0.39, 0.29) is 6.04 Å². The van der Waals surface area contributed by atoms with Crippen LogP contribution in [-0.4, -0.2) is 36.4 Å². The number of rotatable bonds is 6. The standard InChI is InChI=1S/C20H23N3O2S/c1-16(18-9-11-20(12-10-18)26(3,24)25)22(2)14-17-13-21-23(15-17)19-7-5-4-6-8-19/h4-13,15-16H,14H2,1-3H3. The van der Waals surface area contributed by atoms with E-state index in [1.807, 2.05) is 59.5 Å². The maximum absolute atomic E-state index is 11.6. The maximum Gasteiger partial charge on any atom is 0.175 e. The van der Waals surface area contributed by atoms with E-state index in [9.17, 15) is 8.42 Å². The fourth-order valence-electron chi connectivity index (χ4n) is 2.84. The van der Waals surface area contributed by atoms with Gasteiger partial charge in [-0.1, -0.05) is 30.3 Å². The minimum absolute atomic E-state index is 0.156. The van der Waals surface area contributed by atoms with E-state index in [0.29, 0.717) is 4.90 Å². The van der Waals surface area contributed by atoms with Crippen LogP contribution in [0.2, 0.25) is 0 Å². The zero-order valence-corrected chi connectivity index (χ0v) is 16.0. The van der Waals surface area contributed by atoms with Crippen molar-refractivity contribution in [2.75, 3.05) is 13.3 Å². The molecule has 26 heavy (non-hydrogen) atoms. The van der Waals surface area contributed by atoms with Crippen molar-refractivity contribution in [3.63, 3.8) is 0 Å². The number of nitrogens with zero attached hydrogens (tertiary/aromatic N) is 3. The SMILES string of the molecule is CC(c1ccc(S(C)(=O)=O)cc1)N(C)Cc1cnn(-c2ccccc2)c1. The highest BCUT2D eigenvalue weighted by Crippen LogP contribution is 2.22. The minimum Gasteiger partial charge on any atom is -0.295 e. The van der Waals surface area contributed by atoms with Gasteiger partial charge in [0.05, 0.1) is 16.8 Å². The predicted octanol–water partition coefficient (Wildman–Crippen LogP) is 3.47. The molecule has 1 aromatic heterocycles. The lowest BCUT2D eigenvalue weighted by Gasteiger charge is -2.24. The third-order valence-corrected chi connectivity index (χ3v) is 5.67. The summed E-state index contributed by atoms with van der Waals surface area (Å²) in [6, 6.07) is 17.3. The predicted molar refractivity (Wildman–Crippen MR) is 103 cm³/mol. The molecule has 0 aliphatic carbocycles. The topological polar surface area (TPSA) is 55.2 Å². The molecule has 2 aromatic carbocycles. The third-order valence-electron chi connectivity index (χ3n) is 4.54. The van der Waals surface area contributed by atoms with Gasteiger partial charge in [0.1, 0.15) is 0 Å². The minimum atomic E-state index is -3.16.